The van der Waals surface area contributed by atoms with Crippen LogP contribution in [0.3, 0.4) is 0 Å². The molecule has 0 amide bonds. The van der Waals surface area contributed by atoms with E-state index in [1.807, 2.05) is 24.3 Å². The van der Waals surface area contributed by atoms with Gasteiger partial charge in [0, 0.05) is 34.9 Å². The van der Waals surface area contributed by atoms with Crippen LogP contribution in [0.2, 0.25) is 0 Å². The van der Waals surface area contributed by atoms with E-state index in [9.17, 15) is 4.79 Å². The number of pyridine rings is 1. The van der Waals surface area contributed by atoms with Gasteiger partial charge in [0.1, 0.15) is 11.5 Å². The highest BCUT2D eigenvalue weighted by Gasteiger charge is 2.19. The number of hydrogen-bond acceptors (Lipinski definition) is 3. The molecule has 3 rings (SSSR count). The molecule has 2 aromatic heterocycles. The van der Waals surface area contributed by atoms with Crippen LogP contribution in [0.15, 0.2) is 51.9 Å². The van der Waals surface area contributed by atoms with Gasteiger partial charge in [0.05, 0.1) is 5.56 Å². The lowest BCUT2D eigenvalue weighted by atomic mass is 10.0. The van der Waals surface area contributed by atoms with Crippen molar-refractivity contribution >= 4 is 21.7 Å². The average molecular weight is 345 g/mol. The number of halogens is 1. The number of hydrogen-bond donors (Lipinski definition) is 2. The van der Waals surface area contributed by atoms with Gasteiger partial charge in [-0.25, -0.2) is 0 Å². The summed E-state index contributed by atoms with van der Waals surface area (Å²) >= 11 is 3.54. The third kappa shape index (κ3) is 2.38. The molecule has 1 aromatic carbocycles. The zero-order valence-electron chi connectivity index (χ0n) is 11.3. The van der Waals surface area contributed by atoms with Crippen LogP contribution < -0.4 is 11.3 Å². The highest BCUT2D eigenvalue weighted by atomic mass is 79.9. The SMILES string of the molecule is Cn1nc(-c2ccc(=O)[nH]c2)c(-c2ccccc2Br)c1N. The molecule has 6 heteroatoms. The summed E-state index contributed by atoms with van der Waals surface area (Å²) in [6.07, 6.45) is 1.64. The van der Waals surface area contributed by atoms with Gasteiger partial charge in [-0.2, -0.15) is 5.10 Å². The molecule has 21 heavy (non-hydrogen) atoms. The monoisotopic (exact) mass is 344 g/mol. The second-order valence-electron chi connectivity index (χ2n) is 4.65. The molecule has 0 atom stereocenters. The molecule has 0 aliphatic carbocycles. The fraction of sp³-hybridized carbons (Fsp3) is 0.0667. The van der Waals surface area contributed by atoms with Crippen molar-refractivity contribution in [1.82, 2.24) is 14.8 Å². The minimum atomic E-state index is -0.148. The number of nitrogen functional groups attached to an aromatic ring is 1. The van der Waals surface area contributed by atoms with Gasteiger partial charge in [0.2, 0.25) is 5.56 Å². The van der Waals surface area contributed by atoms with E-state index in [-0.39, 0.29) is 5.56 Å². The van der Waals surface area contributed by atoms with Gasteiger partial charge in [-0.3, -0.25) is 9.48 Å². The Hall–Kier alpha value is -2.34. The molecule has 2 heterocycles. The quantitative estimate of drug-likeness (QED) is 0.750. The lowest BCUT2D eigenvalue weighted by molar-refractivity contribution is 0.782. The molecular formula is C15H13BrN4O. The summed E-state index contributed by atoms with van der Waals surface area (Å²) in [7, 11) is 1.80. The Bertz CT molecular complexity index is 846. The minimum absolute atomic E-state index is 0.148. The third-order valence-corrected chi connectivity index (χ3v) is 3.98. The Morgan fingerprint density at radius 1 is 1.24 bits per heavy atom. The fourth-order valence-corrected chi connectivity index (χ4v) is 2.71. The van der Waals surface area contributed by atoms with Crippen LogP contribution in [0.1, 0.15) is 0 Å². The number of nitrogens with zero attached hydrogens (tertiary/aromatic N) is 2. The molecule has 3 aromatic rings. The van der Waals surface area contributed by atoms with E-state index in [1.54, 1.807) is 24.0 Å². The van der Waals surface area contributed by atoms with Crippen molar-refractivity contribution in [3.63, 3.8) is 0 Å². The summed E-state index contributed by atoms with van der Waals surface area (Å²) < 4.78 is 2.57. The number of aryl methyl sites for hydroxylation is 1. The predicted molar refractivity (Wildman–Crippen MR) is 86.8 cm³/mol. The zero-order valence-corrected chi connectivity index (χ0v) is 12.9. The number of aromatic amines is 1. The molecule has 0 aliphatic heterocycles. The summed E-state index contributed by atoms with van der Waals surface area (Å²) in [6.45, 7) is 0. The van der Waals surface area contributed by atoms with Crippen LogP contribution in [0.4, 0.5) is 5.82 Å². The maximum Gasteiger partial charge on any atom is 0.247 e. The smallest absolute Gasteiger partial charge is 0.247 e. The minimum Gasteiger partial charge on any atom is -0.383 e. The number of aromatic nitrogens is 3. The van der Waals surface area contributed by atoms with E-state index in [0.717, 1.165) is 26.9 Å². The topological polar surface area (TPSA) is 76.7 Å². The normalized spacial score (nSPS) is 10.8. The Morgan fingerprint density at radius 3 is 2.67 bits per heavy atom. The van der Waals surface area contributed by atoms with E-state index >= 15 is 0 Å². The highest BCUT2D eigenvalue weighted by Crippen LogP contribution is 2.38. The van der Waals surface area contributed by atoms with Crippen LogP contribution in [0, 0.1) is 0 Å². The molecule has 106 valence electrons. The number of H-pyrrole nitrogens is 1. The first-order valence-electron chi connectivity index (χ1n) is 6.34. The van der Waals surface area contributed by atoms with E-state index in [1.165, 1.54) is 6.07 Å². The average Bonchev–Trinajstić information content (AvgIpc) is 2.77. The molecule has 0 saturated heterocycles. The number of nitrogens with one attached hydrogen (secondary N) is 1. The van der Waals surface area contributed by atoms with E-state index in [4.69, 9.17) is 5.73 Å². The third-order valence-electron chi connectivity index (χ3n) is 3.29. The first kappa shape index (κ1) is 13.6. The van der Waals surface area contributed by atoms with Gasteiger partial charge in [-0.1, -0.05) is 34.1 Å². The van der Waals surface area contributed by atoms with Gasteiger partial charge in [-0.05, 0) is 12.1 Å². The molecule has 0 fully saturated rings. The van der Waals surface area contributed by atoms with Crippen molar-refractivity contribution in [2.45, 2.75) is 0 Å². The summed E-state index contributed by atoms with van der Waals surface area (Å²) in [4.78, 5) is 13.9. The molecule has 0 spiro atoms. The van der Waals surface area contributed by atoms with Crippen LogP contribution in [0.25, 0.3) is 22.4 Å². The van der Waals surface area contributed by atoms with Crippen molar-refractivity contribution < 1.29 is 0 Å². The molecular weight excluding hydrogens is 332 g/mol. The fourth-order valence-electron chi connectivity index (χ4n) is 2.23. The number of anilines is 1. The van der Waals surface area contributed by atoms with E-state index in [2.05, 4.69) is 26.0 Å². The van der Waals surface area contributed by atoms with Crippen molar-refractivity contribution in [3.8, 4) is 22.4 Å². The summed E-state index contributed by atoms with van der Waals surface area (Å²) in [5.74, 6) is 0.572. The number of rotatable bonds is 2. The first-order chi connectivity index (χ1) is 10.1. The summed E-state index contributed by atoms with van der Waals surface area (Å²) in [6, 6.07) is 11.0. The standard InChI is InChI=1S/C15H13BrN4O/c1-20-15(17)13(10-4-2-3-5-11(10)16)14(19-20)9-6-7-12(21)18-8-9/h2-8H,17H2,1H3,(H,18,21). The van der Waals surface area contributed by atoms with Crippen molar-refractivity contribution in [3.05, 3.63) is 57.4 Å². The van der Waals surface area contributed by atoms with Gasteiger partial charge in [-0.15, -0.1) is 0 Å². The maximum atomic E-state index is 11.2. The van der Waals surface area contributed by atoms with Crippen molar-refractivity contribution in [2.24, 2.45) is 7.05 Å². The Morgan fingerprint density at radius 2 is 2.00 bits per heavy atom. The second-order valence-corrected chi connectivity index (χ2v) is 5.51. The molecule has 0 saturated carbocycles. The second kappa shape index (κ2) is 5.21. The van der Waals surface area contributed by atoms with E-state index in [0.29, 0.717) is 5.82 Å². The predicted octanol–water partition coefficient (Wildman–Crippen LogP) is 2.79. The molecule has 3 N–H and O–H groups in total. The zero-order chi connectivity index (χ0) is 15.0. The van der Waals surface area contributed by atoms with Gasteiger partial charge in [0.25, 0.3) is 0 Å². The molecule has 5 nitrogen and oxygen atoms in total. The first-order valence-corrected chi connectivity index (χ1v) is 7.13. The van der Waals surface area contributed by atoms with E-state index < -0.39 is 0 Å². The van der Waals surface area contributed by atoms with Gasteiger partial charge < -0.3 is 10.7 Å². The largest absolute Gasteiger partial charge is 0.383 e. The lowest BCUT2D eigenvalue weighted by Crippen LogP contribution is -2.01. The summed E-state index contributed by atoms with van der Waals surface area (Å²) in [5, 5.41) is 4.48. The van der Waals surface area contributed by atoms with Crippen LogP contribution >= 0.6 is 15.9 Å². The molecule has 0 unspecified atom stereocenters. The Kier molecular flexibility index (Phi) is 3.39. The van der Waals surface area contributed by atoms with Crippen LogP contribution in [-0.4, -0.2) is 14.8 Å². The Labute approximate surface area is 129 Å². The number of nitrogens with two attached hydrogens (primary N) is 1. The van der Waals surface area contributed by atoms with Gasteiger partial charge in [0.15, 0.2) is 0 Å². The van der Waals surface area contributed by atoms with Crippen LogP contribution in [0.5, 0.6) is 0 Å². The maximum absolute atomic E-state index is 11.2. The molecule has 0 radical (unpaired) electrons. The van der Waals surface area contributed by atoms with Crippen LogP contribution in [-0.2, 0) is 7.05 Å². The Balaban J connectivity index is 2.28. The highest BCUT2D eigenvalue weighted by molar-refractivity contribution is 9.10. The molecule has 0 bridgehead atoms. The van der Waals surface area contributed by atoms with Crippen molar-refractivity contribution in [2.75, 3.05) is 5.73 Å². The number of benzene rings is 1. The lowest BCUT2D eigenvalue weighted by Gasteiger charge is -2.06. The summed E-state index contributed by atoms with van der Waals surface area (Å²) in [5.41, 5.74) is 9.39. The molecule has 0 aliphatic rings. The van der Waals surface area contributed by atoms with Gasteiger partial charge >= 0.3 is 0 Å². The van der Waals surface area contributed by atoms with Crippen molar-refractivity contribution in [1.29, 1.82) is 0 Å².